The zero-order valence-electron chi connectivity index (χ0n) is 47.9. The third kappa shape index (κ3) is 27.1. The molecule has 79 heavy (non-hydrogen) atoms. The van der Waals surface area contributed by atoms with Crippen LogP contribution in [0.4, 0.5) is 5.69 Å². The quantitative estimate of drug-likeness (QED) is 0.0311. The van der Waals surface area contributed by atoms with Gasteiger partial charge in [0.25, 0.3) is 0 Å². The smallest absolute Gasteiger partial charge is 0.121 e. The highest BCUT2D eigenvalue weighted by Crippen LogP contribution is 2.31. The molecule has 7 atom stereocenters. The number of nitrogens with two attached hydrogens (primary N) is 1. The average molecular weight is 1100 g/mol. The van der Waals surface area contributed by atoms with Gasteiger partial charge < -0.3 is 60.9 Å². The predicted molar refractivity (Wildman–Crippen MR) is 324 cm³/mol. The van der Waals surface area contributed by atoms with E-state index in [9.17, 15) is 25.5 Å². The maximum Gasteiger partial charge on any atom is 0.121 e. The summed E-state index contributed by atoms with van der Waals surface area (Å²) in [5.74, 6) is 5.75. The van der Waals surface area contributed by atoms with E-state index < -0.39 is 18.3 Å². The van der Waals surface area contributed by atoms with E-state index in [1.54, 1.807) is 6.92 Å². The van der Waals surface area contributed by atoms with Crippen LogP contribution in [0.1, 0.15) is 211 Å². The fourth-order valence-electron chi connectivity index (χ4n) is 11.0. The zero-order chi connectivity index (χ0) is 55.7. The number of aliphatic hydroxyl groups excluding tert-OH is 5. The first-order valence-corrected chi connectivity index (χ1v) is 30.2. The number of ether oxygens (including phenoxy) is 4. The largest absolute Gasteiger partial charge is 0.493 e. The number of nitrogens with one attached hydrogen (secondary N) is 2. The molecule has 8 rings (SSSR count). The fourth-order valence-corrected chi connectivity index (χ4v) is 11.0. The van der Waals surface area contributed by atoms with Gasteiger partial charge >= 0.3 is 0 Å². The SMILES string of the molecule is C.CC(=N)CC(O)c1cccc(OCC2CCCCC2)c1.CCC[C@@H](O)c1cccc(OC[C@@H]2CCC[C@H](O)C2)c1.CCC[C@@H](O)c1cccc(OC[C@H]2CCC[C@@H](O)C2)c1.NCCNc1cccc(OCC2CCCCC2)c1. The molecule has 4 aliphatic rings. The summed E-state index contributed by atoms with van der Waals surface area (Å²) < 4.78 is 23.5. The number of anilines is 1. The summed E-state index contributed by atoms with van der Waals surface area (Å²) in [6.07, 6.45) is 23.5. The van der Waals surface area contributed by atoms with Crippen LogP contribution in [-0.2, 0) is 0 Å². The predicted octanol–water partition coefficient (Wildman–Crippen LogP) is 14.7. The van der Waals surface area contributed by atoms with Gasteiger partial charge in [-0.15, -0.1) is 0 Å². The van der Waals surface area contributed by atoms with Crippen LogP contribution in [-0.4, -0.2) is 83.0 Å². The van der Waals surface area contributed by atoms with Crippen molar-refractivity contribution in [2.45, 2.75) is 206 Å². The molecular formula is C67H105N3O9. The summed E-state index contributed by atoms with van der Waals surface area (Å²) in [5.41, 5.74) is 9.73. The Kier molecular flexibility index (Phi) is 32.9. The van der Waals surface area contributed by atoms with Gasteiger partial charge in [0.15, 0.2) is 0 Å². The van der Waals surface area contributed by atoms with E-state index in [0.717, 1.165) is 148 Å². The lowest BCUT2D eigenvalue weighted by Gasteiger charge is -2.25. The first-order chi connectivity index (χ1) is 37.9. The summed E-state index contributed by atoms with van der Waals surface area (Å²) >= 11 is 0. The molecule has 4 fully saturated rings. The van der Waals surface area contributed by atoms with E-state index in [1.165, 1.54) is 64.2 Å². The molecule has 9 N–H and O–H groups in total. The Morgan fingerprint density at radius 2 is 0.886 bits per heavy atom. The highest BCUT2D eigenvalue weighted by Gasteiger charge is 2.23. The van der Waals surface area contributed by atoms with Crippen LogP contribution in [0.3, 0.4) is 0 Å². The zero-order valence-corrected chi connectivity index (χ0v) is 47.9. The normalized spacial score (nSPS) is 20.6. The number of hydrogen-bond acceptors (Lipinski definition) is 12. The number of benzene rings is 4. The minimum absolute atomic E-state index is 0. The molecule has 1 unspecified atom stereocenters. The monoisotopic (exact) mass is 1100 g/mol. The second-order valence-corrected chi connectivity index (χ2v) is 22.7. The summed E-state index contributed by atoms with van der Waals surface area (Å²) in [6.45, 7) is 10.3. The van der Waals surface area contributed by atoms with Crippen molar-refractivity contribution in [3.8, 4) is 23.0 Å². The van der Waals surface area contributed by atoms with Crippen molar-refractivity contribution < 1.29 is 44.5 Å². The third-order valence-electron chi connectivity index (χ3n) is 15.6. The molecule has 0 aliphatic heterocycles. The van der Waals surface area contributed by atoms with Crippen LogP contribution in [0.25, 0.3) is 0 Å². The van der Waals surface area contributed by atoms with Crippen LogP contribution in [0.15, 0.2) is 97.1 Å². The van der Waals surface area contributed by atoms with Gasteiger partial charge in [-0.2, -0.15) is 0 Å². The molecule has 4 aromatic carbocycles. The molecular weight excluding hydrogens is 991 g/mol. The number of aliphatic hydroxyl groups is 5. The number of hydrogen-bond donors (Lipinski definition) is 8. The van der Waals surface area contributed by atoms with Crippen LogP contribution >= 0.6 is 0 Å². The molecule has 0 aromatic heterocycles. The Balaban J connectivity index is 0.000000226. The lowest BCUT2D eigenvalue weighted by Crippen LogP contribution is -2.24. The Morgan fingerprint density at radius 1 is 0.519 bits per heavy atom. The summed E-state index contributed by atoms with van der Waals surface area (Å²) in [4.78, 5) is 0. The topological polar surface area (TPSA) is 200 Å². The van der Waals surface area contributed by atoms with E-state index in [1.807, 2.05) is 91.0 Å². The van der Waals surface area contributed by atoms with E-state index in [0.29, 0.717) is 49.6 Å². The van der Waals surface area contributed by atoms with Crippen LogP contribution in [0.5, 0.6) is 23.0 Å². The van der Waals surface area contributed by atoms with Crippen molar-refractivity contribution in [1.29, 1.82) is 5.41 Å². The van der Waals surface area contributed by atoms with Crippen molar-refractivity contribution in [2.75, 3.05) is 44.8 Å². The minimum Gasteiger partial charge on any atom is -0.493 e. The van der Waals surface area contributed by atoms with Crippen molar-refractivity contribution >= 4 is 11.4 Å². The van der Waals surface area contributed by atoms with Crippen LogP contribution in [0, 0.1) is 29.1 Å². The van der Waals surface area contributed by atoms with Gasteiger partial charge in [0.2, 0.25) is 0 Å². The highest BCUT2D eigenvalue weighted by molar-refractivity contribution is 5.79. The maximum absolute atomic E-state index is 10.0. The molecule has 442 valence electrons. The van der Waals surface area contributed by atoms with Gasteiger partial charge in [-0.3, -0.25) is 0 Å². The van der Waals surface area contributed by atoms with Crippen molar-refractivity contribution in [3.05, 3.63) is 114 Å². The van der Waals surface area contributed by atoms with Crippen LogP contribution < -0.4 is 30.0 Å². The van der Waals surface area contributed by atoms with E-state index in [2.05, 4.69) is 25.2 Å². The van der Waals surface area contributed by atoms with Crippen molar-refractivity contribution in [2.24, 2.45) is 29.4 Å². The standard InChI is InChI=1S/C17H25NO2.2C17H26O3.C15H24N2O.CH4/c1-13(18)10-17(19)15-8-5-9-16(11-15)20-12-14-6-3-2-4-7-14;2*1-2-5-17(19)14-7-4-9-16(11-14)20-12-13-6-3-8-15(18)10-13;16-9-10-17-14-7-4-8-15(11-14)18-12-13-5-2-1-3-6-13;/h5,8-9,11,14,17-19H,2-4,6-7,10,12H2,1H3;2*4,7,9,11,13,15,17-19H,2-3,5-6,8,10,12H2,1H3;4,7-8,11,13,17H,1-3,5-6,9-10,12,16H2;1H4/t;13-,15+,17+;13-,15+,17-;;/m.01../s1. The van der Waals surface area contributed by atoms with E-state index >= 15 is 0 Å². The molecule has 4 aliphatic carbocycles. The molecule has 0 saturated heterocycles. The molecule has 0 amide bonds. The summed E-state index contributed by atoms with van der Waals surface area (Å²) in [5, 5.41) is 60.1. The van der Waals surface area contributed by atoms with Gasteiger partial charge in [0.05, 0.1) is 56.9 Å². The average Bonchev–Trinajstić information content (AvgIpc) is 3.46. The molecule has 12 heteroatoms. The molecule has 0 heterocycles. The number of rotatable bonds is 24. The van der Waals surface area contributed by atoms with Crippen molar-refractivity contribution in [1.82, 2.24) is 0 Å². The fraction of sp³-hybridized carbons (Fsp3) is 0.627. The molecule has 0 spiro atoms. The second-order valence-electron chi connectivity index (χ2n) is 22.7. The van der Waals surface area contributed by atoms with E-state index in [-0.39, 0.29) is 19.6 Å². The Labute approximate surface area is 476 Å². The minimum atomic E-state index is -0.606. The molecule has 12 nitrogen and oxygen atoms in total. The maximum atomic E-state index is 10.0. The van der Waals surface area contributed by atoms with E-state index in [4.69, 9.17) is 30.1 Å². The van der Waals surface area contributed by atoms with Crippen LogP contribution in [0.2, 0.25) is 0 Å². The lowest BCUT2D eigenvalue weighted by atomic mass is 9.88. The van der Waals surface area contributed by atoms with Gasteiger partial charge in [0.1, 0.15) is 23.0 Å². The molecule has 4 saturated carbocycles. The Morgan fingerprint density at radius 3 is 1.27 bits per heavy atom. The lowest BCUT2D eigenvalue weighted by molar-refractivity contribution is 0.0807. The van der Waals surface area contributed by atoms with Gasteiger partial charge in [-0.25, -0.2) is 0 Å². The molecule has 0 bridgehead atoms. The Hall–Kier alpha value is -4.69. The second kappa shape index (κ2) is 38.9. The Bertz CT molecular complexity index is 2140. The molecule has 4 aromatic rings. The van der Waals surface area contributed by atoms with Crippen molar-refractivity contribution in [3.63, 3.8) is 0 Å². The van der Waals surface area contributed by atoms with Gasteiger partial charge in [0, 0.05) is 37.0 Å². The third-order valence-corrected chi connectivity index (χ3v) is 15.6. The first kappa shape index (κ1) is 66.8. The summed E-state index contributed by atoms with van der Waals surface area (Å²) in [6, 6.07) is 31.3. The highest BCUT2D eigenvalue weighted by atomic mass is 16.5. The summed E-state index contributed by atoms with van der Waals surface area (Å²) in [7, 11) is 0. The van der Waals surface area contributed by atoms with Gasteiger partial charge in [-0.05, 0) is 173 Å². The first-order valence-electron chi connectivity index (χ1n) is 30.2. The van der Waals surface area contributed by atoms with Gasteiger partial charge in [-0.1, -0.05) is 128 Å². The molecule has 0 radical (unpaired) electrons.